The molecule has 3 aromatic rings. The Morgan fingerprint density at radius 2 is 2.00 bits per heavy atom. The highest BCUT2D eigenvalue weighted by Gasteiger charge is 2.39. The van der Waals surface area contributed by atoms with E-state index in [1.54, 1.807) is 21.7 Å². The van der Waals surface area contributed by atoms with Crippen LogP contribution in [0, 0.1) is 22.2 Å². The number of hydrogen-bond acceptors (Lipinski definition) is 7. The van der Waals surface area contributed by atoms with Crippen molar-refractivity contribution in [2.24, 2.45) is 16.6 Å². The van der Waals surface area contributed by atoms with E-state index in [0.29, 0.717) is 35.3 Å². The van der Waals surface area contributed by atoms with Crippen LogP contribution in [0.15, 0.2) is 36.8 Å². The van der Waals surface area contributed by atoms with Crippen LogP contribution in [0.5, 0.6) is 0 Å². The van der Waals surface area contributed by atoms with Crippen LogP contribution in [0.1, 0.15) is 56.5 Å². The van der Waals surface area contributed by atoms with Gasteiger partial charge in [-0.15, -0.1) is 0 Å². The van der Waals surface area contributed by atoms with Gasteiger partial charge in [-0.2, -0.15) is 10.4 Å². The van der Waals surface area contributed by atoms with Gasteiger partial charge in [0.15, 0.2) is 0 Å². The molecule has 0 radical (unpaired) electrons. The highest BCUT2D eigenvalue weighted by atomic mass is 16.2. The zero-order chi connectivity index (χ0) is 26.5. The average Bonchev–Trinajstić information content (AvgIpc) is 3.39. The Morgan fingerprint density at radius 1 is 1.22 bits per heavy atom. The molecule has 3 aromatic heterocycles. The van der Waals surface area contributed by atoms with E-state index in [-0.39, 0.29) is 22.8 Å². The van der Waals surface area contributed by atoms with E-state index in [2.05, 4.69) is 54.1 Å². The normalized spacial score (nSPS) is 20.7. The fourth-order valence-electron chi connectivity index (χ4n) is 5.47. The van der Waals surface area contributed by atoms with Gasteiger partial charge >= 0.3 is 0 Å². The molecule has 3 N–H and O–H groups in total. The minimum Gasteiger partial charge on any atom is -0.379 e. The molecule has 5 heterocycles. The molecule has 10 nitrogen and oxygen atoms in total. The third kappa shape index (κ3) is 4.57. The van der Waals surface area contributed by atoms with Gasteiger partial charge in [0, 0.05) is 43.7 Å². The summed E-state index contributed by atoms with van der Waals surface area (Å²) in [4.78, 5) is 33.5. The van der Waals surface area contributed by atoms with Crippen molar-refractivity contribution in [1.82, 2.24) is 14.6 Å². The van der Waals surface area contributed by atoms with Crippen LogP contribution >= 0.6 is 0 Å². The zero-order valence-electron chi connectivity index (χ0n) is 21.7. The monoisotopic (exact) mass is 500 g/mol. The first kappa shape index (κ1) is 24.6. The fourth-order valence-corrected chi connectivity index (χ4v) is 5.47. The van der Waals surface area contributed by atoms with Crippen LogP contribution in [0.25, 0.3) is 5.52 Å². The first-order valence-corrected chi connectivity index (χ1v) is 12.5. The van der Waals surface area contributed by atoms with Crippen molar-refractivity contribution in [3.05, 3.63) is 47.9 Å². The summed E-state index contributed by atoms with van der Waals surface area (Å²) in [5.74, 6) is 0.357. The molecule has 2 saturated heterocycles. The van der Waals surface area contributed by atoms with Crippen LogP contribution in [0.3, 0.4) is 0 Å². The number of anilines is 3. The fraction of sp³-hybridized carbons (Fsp3) is 0.444. The second kappa shape index (κ2) is 8.76. The van der Waals surface area contributed by atoms with Crippen molar-refractivity contribution in [1.29, 1.82) is 5.26 Å². The summed E-state index contributed by atoms with van der Waals surface area (Å²) in [6, 6.07) is 7.71. The van der Waals surface area contributed by atoms with Crippen LogP contribution < -0.4 is 20.9 Å². The van der Waals surface area contributed by atoms with Crippen LogP contribution in [0.2, 0.25) is 0 Å². The summed E-state index contributed by atoms with van der Waals surface area (Å²) in [5.41, 5.74) is 8.41. The molecule has 192 valence electrons. The van der Waals surface area contributed by atoms with Crippen LogP contribution in [0.4, 0.5) is 17.2 Å². The van der Waals surface area contributed by atoms with Crippen molar-refractivity contribution in [2.45, 2.75) is 46.6 Å². The summed E-state index contributed by atoms with van der Waals surface area (Å²) in [6.45, 7) is 10.6. The number of nitrogens with one attached hydrogen (secondary N) is 1. The number of hydrogen-bond donors (Lipinski definition) is 2. The number of primary amides is 1. The lowest BCUT2D eigenvalue weighted by Crippen LogP contribution is -2.52. The maximum atomic E-state index is 12.7. The van der Waals surface area contributed by atoms with E-state index in [9.17, 15) is 9.59 Å². The van der Waals surface area contributed by atoms with Gasteiger partial charge in [0.25, 0.3) is 5.91 Å². The predicted molar refractivity (Wildman–Crippen MR) is 141 cm³/mol. The van der Waals surface area contributed by atoms with Gasteiger partial charge in [-0.25, -0.2) is 9.50 Å². The summed E-state index contributed by atoms with van der Waals surface area (Å²) < 4.78 is 1.70. The second-order valence-electron chi connectivity index (χ2n) is 11.6. The lowest BCUT2D eigenvalue weighted by molar-refractivity contribution is -0.117. The summed E-state index contributed by atoms with van der Waals surface area (Å²) in [6.07, 6.45) is 6.20. The first-order valence-electron chi connectivity index (χ1n) is 12.5. The van der Waals surface area contributed by atoms with Crippen molar-refractivity contribution < 1.29 is 9.59 Å². The highest BCUT2D eigenvalue weighted by Crippen LogP contribution is 2.38. The minimum atomic E-state index is -0.560. The van der Waals surface area contributed by atoms with Crippen molar-refractivity contribution in [3.8, 4) is 6.07 Å². The molecule has 1 atom stereocenters. The lowest BCUT2D eigenvalue weighted by Gasteiger charge is -2.45. The third-order valence-electron chi connectivity index (χ3n) is 7.47. The summed E-state index contributed by atoms with van der Waals surface area (Å²) >= 11 is 0. The molecule has 0 bridgehead atoms. The number of aromatic nitrogens is 3. The van der Waals surface area contributed by atoms with Gasteiger partial charge in [-0.1, -0.05) is 27.7 Å². The van der Waals surface area contributed by atoms with Gasteiger partial charge in [-0.3, -0.25) is 9.59 Å². The van der Waals surface area contributed by atoms with Crippen molar-refractivity contribution >= 4 is 34.5 Å². The van der Waals surface area contributed by atoms with Crippen molar-refractivity contribution in [3.63, 3.8) is 0 Å². The highest BCUT2D eigenvalue weighted by molar-refractivity contribution is 6.03. The number of nitrogens with two attached hydrogens (primary N) is 1. The molecular formula is C27H32N8O2. The van der Waals surface area contributed by atoms with E-state index in [0.717, 1.165) is 31.0 Å². The summed E-state index contributed by atoms with van der Waals surface area (Å²) in [5, 5.41) is 17.1. The zero-order valence-corrected chi connectivity index (χ0v) is 21.7. The number of rotatable bonds is 5. The predicted octanol–water partition coefficient (Wildman–Crippen LogP) is 3.18. The van der Waals surface area contributed by atoms with Gasteiger partial charge in [0.05, 0.1) is 40.4 Å². The maximum Gasteiger partial charge on any atom is 0.252 e. The van der Waals surface area contributed by atoms with Gasteiger partial charge in [-0.05, 0) is 30.0 Å². The smallest absolute Gasteiger partial charge is 0.252 e. The van der Waals surface area contributed by atoms with E-state index >= 15 is 0 Å². The van der Waals surface area contributed by atoms with E-state index in [1.807, 2.05) is 18.3 Å². The number of pyridine rings is 1. The Hall–Kier alpha value is -4.13. The Bertz CT molecular complexity index is 1420. The molecule has 0 spiro atoms. The van der Waals surface area contributed by atoms with E-state index in [4.69, 9.17) is 11.0 Å². The Balaban J connectivity index is 1.44. The molecule has 2 amide bonds. The number of piperidine rings is 1. The number of carbonyl (C=O) groups excluding carboxylic acids is 2. The number of nitriles is 1. The second-order valence-corrected chi connectivity index (χ2v) is 11.6. The van der Waals surface area contributed by atoms with E-state index < -0.39 is 5.91 Å². The molecular weight excluding hydrogens is 468 g/mol. The SMILES string of the molecule is CC1(C)CC(=O)N(c2cc3c(NC4CCN(c5ccc(C#N)cn5)CC4(C)C)c(C(N)=O)cnn3c2)C1. The van der Waals surface area contributed by atoms with Gasteiger partial charge < -0.3 is 20.9 Å². The van der Waals surface area contributed by atoms with Crippen LogP contribution in [-0.4, -0.2) is 52.1 Å². The molecule has 10 heteroatoms. The summed E-state index contributed by atoms with van der Waals surface area (Å²) in [7, 11) is 0. The molecule has 0 aliphatic carbocycles. The standard InChI is InChI=1S/C27H32N8O2/c1-26(2)10-23(36)34(15-26)18-9-20-24(19(25(29)37)13-31-35(20)14-18)32-21-7-8-33(16-27(21,3)4)22-6-5-17(11-28)12-30-22/h5-6,9,12-14,21,32H,7-8,10,15-16H2,1-4H3,(H2,29,37). The number of carbonyl (C=O) groups is 2. The molecule has 2 fully saturated rings. The van der Waals surface area contributed by atoms with Gasteiger partial charge in [0.1, 0.15) is 11.9 Å². The number of nitrogens with zero attached hydrogens (tertiary/aromatic N) is 6. The Morgan fingerprint density at radius 3 is 2.59 bits per heavy atom. The molecule has 1 unspecified atom stereocenters. The molecule has 2 aliphatic heterocycles. The van der Waals surface area contributed by atoms with Crippen LogP contribution in [-0.2, 0) is 4.79 Å². The largest absolute Gasteiger partial charge is 0.379 e. The molecule has 0 aromatic carbocycles. The molecule has 5 rings (SSSR count). The minimum absolute atomic E-state index is 0.0390. The third-order valence-corrected chi connectivity index (χ3v) is 7.47. The average molecular weight is 501 g/mol. The number of fused-ring (bicyclic) bond motifs is 1. The molecule has 0 saturated carbocycles. The number of amides is 2. The molecule has 37 heavy (non-hydrogen) atoms. The molecule has 2 aliphatic rings. The topological polar surface area (TPSA) is 133 Å². The lowest BCUT2D eigenvalue weighted by atomic mass is 9.78. The van der Waals surface area contributed by atoms with Gasteiger partial charge in [0.2, 0.25) is 5.91 Å². The van der Waals surface area contributed by atoms with Crippen molar-refractivity contribution in [2.75, 3.05) is 34.8 Å². The maximum absolute atomic E-state index is 12.7. The Labute approximate surface area is 216 Å². The quantitative estimate of drug-likeness (QED) is 0.550. The van der Waals surface area contributed by atoms with E-state index in [1.165, 1.54) is 6.20 Å². The first-order chi connectivity index (χ1) is 17.5. The Kier molecular flexibility index (Phi) is 5.82.